The van der Waals surface area contributed by atoms with Crippen molar-refractivity contribution < 1.29 is 14.4 Å². The summed E-state index contributed by atoms with van der Waals surface area (Å²) in [5.41, 5.74) is 0.722. The van der Waals surface area contributed by atoms with Gasteiger partial charge in [-0.3, -0.25) is 14.4 Å². The van der Waals surface area contributed by atoms with Crippen LogP contribution >= 0.6 is 15.9 Å². The largest absolute Gasteiger partial charge is 0.354 e. The third-order valence-corrected chi connectivity index (χ3v) is 6.10. The average Bonchev–Trinajstić information content (AvgIpc) is 3.20. The van der Waals surface area contributed by atoms with Crippen molar-refractivity contribution in [1.29, 1.82) is 0 Å². The molecule has 1 unspecified atom stereocenters. The van der Waals surface area contributed by atoms with Crippen LogP contribution in [0.5, 0.6) is 0 Å². The standard InChI is InChI=1S/C21H28BrN3O3/c22-16-8-10-17(11-9-16)24-19(26)12-13-23-20(27)18-7-4-14-25(18)21(28)15-5-2-1-3-6-15/h8-11,15,18H,1-7,12-14H2,(H,23,27)(H,24,26). The Kier molecular flexibility index (Phi) is 7.48. The number of rotatable bonds is 6. The molecule has 1 aliphatic heterocycles. The number of nitrogens with zero attached hydrogens (tertiary/aromatic N) is 1. The Morgan fingerprint density at radius 2 is 1.71 bits per heavy atom. The number of amides is 3. The number of carbonyl (C=O) groups is 3. The van der Waals surface area contributed by atoms with Crippen LogP contribution in [0, 0.1) is 5.92 Å². The van der Waals surface area contributed by atoms with Crippen LogP contribution in [0.1, 0.15) is 51.4 Å². The van der Waals surface area contributed by atoms with Crippen LogP contribution in [0.3, 0.4) is 0 Å². The number of anilines is 1. The van der Waals surface area contributed by atoms with Gasteiger partial charge in [-0.15, -0.1) is 0 Å². The molecule has 1 aromatic rings. The fourth-order valence-electron chi connectivity index (χ4n) is 4.06. The summed E-state index contributed by atoms with van der Waals surface area (Å²) in [6.45, 7) is 0.931. The second-order valence-corrected chi connectivity index (χ2v) is 8.54. The van der Waals surface area contributed by atoms with E-state index in [-0.39, 0.29) is 42.6 Å². The van der Waals surface area contributed by atoms with Crippen LogP contribution in [0.25, 0.3) is 0 Å². The van der Waals surface area contributed by atoms with Gasteiger partial charge in [0, 0.05) is 35.6 Å². The van der Waals surface area contributed by atoms with Gasteiger partial charge < -0.3 is 15.5 Å². The van der Waals surface area contributed by atoms with Crippen LogP contribution < -0.4 is 10.6 Å². The molecular formula is C21H28BrN3O3. The molecule has 28 heavy (non-hydrogen) atoms. The number of hydrogen-bond donors (Lipinski definition) is 2. The van der Waals surface area contributed by atoms with Gasteiger partial charge in [0.2, 0.25) is 17.7 Å². The maximum absolute atomic E-state index is 12.8. The lowest BCUT2D eigenvalue weighted by molar-refractivity contribution is -0.142. The highest BCUT2D eigenvalue weighted by atomic mass is 79.9. The second kappa shape index (κ2) is 10.0. The summed E-state index contributed by atoms with van der Waals surface area (Å²) in [5.74, 6) is -0.0635. The molecule has 1 aromatic carbocycles. The van der Waals surface area contributed by atoms with Crippen molar-refractivity contribution in [2.75, 3.05) is 18.4 Å². The summed E-state index contributed by atoms with van der Waals surface area (Å²) in [4.78, 5) is 39.2. The maximum atomic E-state index is 12.8. The fourth-order valence-corrected chi connectivity index (χ4v) is 4.33. The zero-order valence-electron chi connectivity index (χ0n) is 16.1. The molecule has 3 amide bonds. The van der Waals surface area contributed by atoms with Crippen molar-refractivity contribution in [3.63, 3.8) is 0 Å². The fraction of sp³-hybridized carbons (Fsp3) is 0.571. The molecule has 0 spiro atoms. The van der Waals surface area contributed by atoms with Crippen molar-refractivity contribution in [2.24, 2.45) is 5.92 Å². The molecule has 7 heteroatoms. The van der Waals surface area contributed by atoms with Crippen molar-refractivity contribution in [3.05, 3.63) is 28.7 Å². The van der Waals surface area contributed by atoms with E-state index >= 15 is 0 Å². The number of nitrogens with one attached hydrogen (secondary N) is 2. The van der Waals surface area contributed by atoms with Crippen LogP contribution in [0.15, 0.2) is 28.7 Å². The number of halogens is 1. The van der Waals surface area contributed by atoms with E-state index in [4.69, 9.17) is 0 Å². The molecule has 152 valence electrons. The molecule has 1 aliphatic carbocycles. The third-order valence-electron chi connectivity index (χ3n) is 5.57. The van der Waals surface area contributed by atoms with Gasteiger partial charge in [0.25, 0.3) is 0 Å². The highest BCUT2D eigenvalue weighted by Gasteiger charge is 2.37. The molecule has 1 saturated heterocycles. The van der Waals surface area contributed by atoms with Gasteiger partial charge in [0.05, 0.1) is 0 Å². The van der Waals surface area contributed by atoms with Crippen molar-refractivity contribution in [2.45, 2.75) is 57.4 Å². The van der Waals surface area contributed by atoms with E-state index in [0.717, 1.165) is 42.3 Å². The molecule has 3 rings (SSSR count). The summed E-state index contributed by atoms with van der Waals surface area (Å²) in [6.07, 6.45) is 7.07. The Labute approximate surface area is 174 Å². The number of benzene rings is 1. The van der Waals surface area contributed by atoms with E-state index in [0.29, 0.717) is 13.0 Å². The lowest BCUT2D eigenvalue weighted by Gasteiger charge is -2.30. The van der Waals surface area contributed by atoms with Crippen LogP contribution in [-0.4, -0.2) is 41.8 Å². The predicted octanol–water partition coefficient (Wildman–Crippen LogP) is 3.47. The van der Waals surface area contributed by atoms with Gasteiger partial charge in [0.1, 0.15) is 6.04 Å². The zero-order chi connectivity index (χ0) is 19.9. The highest BCUT2D eigenvalue weighted by molar-refractivity contribution is 9.10. The highest BCUT2D eigenvalue weighted by Crippen LogP contribution is 2.28. The van der Waals surface area contributed by atoms with E-state index in [1.165, 1.54) is 6.42 Å². The molecule has 2 N–H and O–H groups in total. The molecule has 1 heterocycles. The quantitative estimate of drug-likeness (QED) is 0.697. The Hall–Kier alpha value is -1.89. The van der Waals surface area contributed by atoms with Crippen molar-refractivity contribution in [3.8, 4) is 0 Å². The Balaban J connectivity index is 1.43. The molecule has 1 saturated carbocycles. The molecule has 2 fully saturated rings. The topological polar surface area (TPSA) is 78.5 Å². The minimum absolute atomic E-state index is 0.0823. The molecule has 0 radical (unpaired) electrons. The monoisotopic (exact) mass is 449 g/mol. The average molecular weight is 450 g/mol. The van der Waals surface area contributed by atoms with Crippen LogP contribution in [-0.2, 0) is 14.4 Å². The van der Waals surface area contributed by atoms with Gasteiger partial charge >= 0.3 is 0 Å². The summed E-state index contributed by atoms with van der Waals surface area (Å²) in [5, 5.41) is 5.64. The Bertz CT molecular complexity index is 701. The lowest BCUT2D eigenvalue weighted by Crippen LogP contribution is -2.48. The van der Waals surface area contributed by atoms with Crippen LogP contribution in [0.2, 0.25) is 0 Å². The maximum Gasteiger partial charge on any atom is 0.242 e. The predicted molar refractivity (Wildman–Crippen MR) is 112 cm³/mol. The Morgan fingerprint density at radius 3 is 2.43 bits per heavy atom. The summed E-state index contributed by atoms with van der Waals surface area (Å²) in [6, 6.07) is 6.95. The third kappa shape index (κ3) is 5.56. The number of carbonyl (C=O) groups excluding carboxylic acids is 3. The van der Waals surface area contributed by atoms with E-state index in [2.05, 4.69) is 26.6 Å². The molecule has 2 aliphatic rings. The van der Waals surface area contributed by atoms with E-state index in [1.54, 1.807) is 4.90 Å². The van der Waals surface area contributed by atoms with Crippen LogP contribution in [0.4, 0.5) is 5.69 Å². The van der Waals surface area contributed by atoms with Crippen molar-refractivity contribution >= 4 is 39.3 Å². The molecular weight excluding hydrogens is 422 g/mol. The summed E-state index contributed by atoms with van der Waals surface area (Å²) < 4.78 is 0.946. The molecule has 0 bridgehead atoms. The minimum Gasteiger partial charge on any atom is -0.354 e. The van der Waals surface area contributed by atoms with Gasteiger partial charge in [-0.25, -0.2) is 0 Å². The second-order valence-electron chi connectivity index (χ2n) is 7.62. The van der Waals surface area contributed by atoms with Gasteiger partial charge in [-0.1, -0.05) is 35.2 Å². The van der Waals surface area contributed by atoms with E-state index in [1.807, 2.05) is 24.3 Å². The lowest BCUT2D eigenvalue weighted by atomic mass is 9.88. The van der Waals surface area contributed by atoms with E-state index in [9.17, 15) is 14.4 Å². The molecule has 0 aromatic heterocycles. The summed E-state index contributed by atoms with van der Waals surface area (Å²) >= 11 is 3.35. The van der Waals surface area contributed by atoms with Gasteiger partial charge in [-0.2, -0.15) is 0 Å². The first kappa shape index (κ1) is 20.8. The number of likely N-dealkylation sites (tertiary alicyclic amines) is 1. The first-order valence-corrected chi connectivity index (χ1v) is 11.0. The zero-order valence-corrected chi connectivity index (χ0v) is 17.7. The van der Waals surface area contributed by atoms with E-state index < -0.39 is 0 Å². The minimum atomic E-state index is -0.385. The number of hydrogen-bond acceptors (Lipinski definition) is 3. The normalized spacial score (nSPS) is 20.0. The summed E-state index contributed by atoms with van der Waals surface area (Å²) in [7, 11) is 0. The molecule has 1 atom stereocenters. The van der Waals surface area contributed by atoms with Gasteiger partial charge in [-0.05, 0) is 49.9 Å². The van der Waals surface area contributed by atoms with Crippen molar-refractivity contribution in [1.82, 2.24) is 10.2 Å². The SMILES string of the molecule is O=C(CCNC(=O)C1CCCN1C(=O)C1CCCCC1)Nc1ccc(Br)cc1. The smallest absolute Gasteiger partial charge is 0.242 e. The first-order chi connectivity index (χ1) is 13.5. The van der Waals surface area contributed by atoms with Gasteiger partial charge in [0.15, 0.2) is 0 Å². The Morgan fingerprint density at radius 1 is 1.00 bits per heavy atom. The molecule has 6 nitrogen and oxygen atoms in total. The first-order valence-electron chi connectivity index (χ1n) is 10.2.